The molecule has 2 heterocycles. The second-order valence-electron chi connectivity index (χ2n) is 7.94. The summed E-state index contributed by atoms with van der Waals surface area (Å²) in [5.41, 5.74) is 0.354. The molecular weight excluding hydrogens is 480 g/mol. The van der Waals surface area contributed by atoms with Crippen LogP contribution in [0.3, 0.4) is 0 Å². The maximum Gasteiger partial charge on any atom is 0.312 e. The number of carbonyl (C=O) groups excluding carboxylic acids is 2. The van der Waals surface area contributed by atoms with E-state index in [2.05, 4.69) is 10.3 Å². The molecule has 2 N–H and O–H groups in total. The van der Waals surface area contributed by atoms with Crippen molar-refractivity contribution in [2.75, 3.05) is 18.5 Å². The molecule has 1 aromatic carbocycles. The fraction of sp³-hybridized carbons (Fsp3) is 0.409. The number of nitrogens with zero attached hydrogens (tertiary/aromatic N) is 3. The third kappa shape index (κ3) is 6.49. The van der Waals surface area contributed by atoms with E-state index in [1.54, 1.807) is 12.1 Å². The normalized spacial score (nSPS) is 18.9. The molecule has 1 fully saturated rings. The van der Waals surface area contributed by atoms with E-state index in [9.17, 15) is 34.9 Å². The van der Waals surface area contributed by atoms with Gasteiger partial charge < -0.3 is 24.6 Å². The number of nitro groups is 2. The molecule has 36 heavy (non-hydrogen) atoms. The third-order valence-electron chi connectivity index (χ3n) is 5.31. The van der Waals surface area contributed by atoms with Crippen LogP contribution in [-0.2, 0) is 25.5 Å². The van der Waals surface area contributed by atoms with Crippen molar-refractivity contribution in [3.05, 3.63) is 61.7 Å². The topological polar surface area (TPSA) is 193 Å². The summed E-state index contributed by atoms with van der Waals surface area (Å²) in [4.78, 5) is 48.4. The summed E-state index contributed by atoms with van der Waals surface area (Å²) in [5, 5.41) is 34.4. The van der Waals surface area contributed by atoms with E-state index in [0.717, 1.165) is 11.6 Å². The molecule has 0 bridgehead atoms. The Morgan fingerprint density at radius 2 is 1.89 bits per heavy atom. The zero-order valence-corrected chi connectivity index (χ0v) is 19.4. The van der Waals surface area contributed by atoms with E-state index < -0.39 is 52.3 Å². The number of rotatable bonds is 10. The van der Waals surface area contributed by atoms with Gasteiger partial charge in [0.05, 0.1) is 34.7 Å². The molecule has 0 spiro atoms. The van der Waals surface area contributed by atoms with Crippen LogP contribution in [0.5, 0.6) is 5.88 Å². The van der Waals surface area contributed by atoms with Crippen molar-refractivity contribution in [1.82, 2.24) is 4.98 Å². The van der Waals surface area contributed by atoms with Crippen LogP contribution < -0.4 is 10.1 Å². The van der Waals surface area contributed by atoms with Crippen LogP contribution in [0.4, 0.5) is 17.2 Å². The third-order valence-corrected chi connectivity index (χ3v) is 5.31. The molecule has 1 saturated heterocycles. The molecule has 0 saturated carbocycles. The predicted molar refractivity (Wildman–Crippen MR) is 122 cm³/mol. The average Bonchev–Trinajstić information content (AvgIpc) is 3.20. The summed E-state index contributed by atoms with van der Waals surface area (Å²) in [5.74, 6) is -1.54. The van der Waals surface area contributed by atoms with Gasteiger partial charge in [0, 0.05) is 44.9 Å². The first-order valence-corrected chi connectivity index (χ1v) is 10.9. The lowest BCUT2D eigenvalue weighted by Gasteiger charge is -2.17. The zero-order valence-electron chi connectivity index (χ0n) is 19.4. The predicted octanol–water partition coefficient (Wildman–Crippen LogP) is 2.23. The van der Waals surface area contributed by atoms with Crippen molar-refractivity contribution >= 4 is 29.1 Å². The van der Waals surface area contributed by atoms with Gasteiger partial charge >= 0.3 is 11.7 Å². The number of hydrogen-bond acceptors (Lipinski definition) is 11. The standard InChI is InChI=1S/C22H24N4O10/c1-12(28)23-21-17(26(32)33)9-16(18-10-19(35-13(2)29)20(11-27)36-18)22(24-21)34-8-7-14-3-5-15(6-4-14)25(30)31/h3-6,9,18-20,27H,7-8,10-11H2,1-2H3,(H,23,24,28). The number of nitrogens with one attached hydrogen (secondary N) is 1. The SMILES string of the molecule is CC(=O)Nc1nc(OCCc2ccc([N+](=O)[O-])cc2)c(C2CC(OC(C)=O)C(CO)O2)cc1[N+](=O)[O-]. The number of amides is 1. The van der Waals surface area contributed by atoms with Crippen molar-refractivity contribution in [2.24, 2.45) is 0 Å². The largest absolute Gasteiger partial charge is 0.477 e. The zero-order chi connectivity index (χ0) is 26.4. The van der Waals surface area contributed by atoms with Crippen LogP contribution in [0.2, 0.25) is 0 Å². The Labute approximate surface area is 204 Å². The van der Waals surface area contributed by atoms with Gasteiger partial charge in [-0.05, 0) is 5.56 Å². The van der Waals surface area contributed by atoms with Crippen LogP contribution in [0.1, 0.15) is 37.5 Å². The van der Waals surface area contributed by atoms with Crippen molar-refractivity contribution < 1.29 is 38.8 Å². The number of aromatic nitrogens is 1. The van der Waals surface area contributed by atoms with E-state index in [-0.39, 0.29) is 36.0 Å². The molecule has 0 aliphatic carbocycles. The fourth-order valence-corrected chi connectivity index (χ4v) is 3.71. The highest BCUT2D eigenvalue weighted by Crippen LogP contribution is 2.41. The van der Waals surface area contributed by atoms with E-state index >= 15 is 0 Å². The van der Waals surface area contributed by atoms with E-state index in [0.29, 0.717) is 6.42 Å². The van der Waals surface area contributed by atoms with Crippen LogP contribution in [0.25, 0.3) is 0 Å². The molecule has 192 valence electrons. The minimum absolute atomic E-state index is 0.0403. The first kappa shape index (κ1) is 26.4. The van der Waals surface area contributed by atoms with Gasteiger partial charge in [-0.2, -0.15) is 4.98 Å². The number of ether oxygens (including phenoxy) is 3. The number of pyridine rings is 1. The molecule has 1 amide bonds. The lowest BCUT2D eigenvalue weighted by molar-refractivity contribution is -0.384. The van der Waals surface area contributed by atoms with Gasteiger partial charge in [-0.25, -0.2) is 0 Å². The molecule has 1 aliphatic rings. The van der Waals surface area contributed by atoms with Gasteiger partial charge in [0.15, 0.2) is 0 Å². The Bertz CT molecular complexity index is 1150. The Hall–Kier alpha value is -4.17. The Kier molecular flexibility index (Phi) is 8.45. The highest BCUT2D eigenvalue weighted by atomic mass is 16.6. The van der Waals surface area contributed by atoms with Crippen molar-refractivity contribution in [3.63, 3.8) is 0 Å². The number of aliphatic hydroxyl groups excluding tert-OH is 1. The van der Waals surface area contributed by atoms with Crippen molar-refractivity contribution in [3.8, 4) is 5.88 Å². The summed E-state index contributed by atoms with van der Waals surface area (Å²) in [7, 11) is 0. The smallest absolute Gasteiger partial charge is 0.312 e. The summed E-state index contributed by atoms with van der Waals surface area (Å²) < 4.78 is 16.8. The fourth-order valence-electron chi connectivity index (χ4n) is 3.71. The molecule has 3 atom stereocenters. The number of carbonyl (C=O) groups is 2. The van der Waals surface area contributed by atoms with Gasteiger partial charge in [-0.3, -0.25) is 29.8 Å². The van der Waals surface area contributed by atoms with E-state index in [1.807, 2.05) is 0 Å². The van der Waals surface area contributed by atoms with Gasteiger partial charge in [0.1, 0.15) is 12.2 Å². The summed E-state index contributed by atoms with van der Waals surface area (Å²) in [6.45, 7) is 1.97. The summed E-state index contributed by atoms with van der Waals surface area (Å²) in [6.07, 6.45) is -2.10. The quantitative estimate of drug-likeness (QED) is 0.274. The monoisotopic (exact) mass is 504 g/mol. The Balaban J connectivity index is 1.90. The highest BCUT2D eigenvalue weighted by Gasteiger charge is 2.40. The molecule has 0 radical (unpaired) electrons. The van der Waals surface area contributed by atoms with Crippen LogP contribution in [0, 0.1) is 20.2 Å². The molecule has 1 aromatic heterocycles. The van der Waals surface area contributed by atoms with Gasteiger partial charge in [0.25, 0.3) is 5.69 Å². The van der Waals surface area contributed by atoms with Crippen LogP contribution in [0.15, 0.2) is 30.3 Å². The first-order valence-electron chi connectivity index (χ1n) is 10.9. The number of anilines is 1. The van der Waals surface area contributed by atoms with Crippen LogP contribution in [-0.4, -0.2) is 57.2 Å². The van der Waals surface area contributed by atoms with Crippen molar-refractivity contribution in [2.45, 2.75) is 45.0 Å². The Morgan fingerprint density at radius 3 is 2.44 bits per heavy atom. The van der Waals surface area contributed by atoms with E-state index in [1.165, 1.54) is 26.0 Å². The minimum Gasteiger partial charge on any atom is -0.477 e. The number of hydrogen-bond donors (Lipinski definition) is 2. The minimum atomic E-state index is -0.863. The highest BCUT2D eigenvalue weighted by molar-refractivity contribution is 5.90. The molecule has 14 nitrogen and oxygen atoms in total. The number of benzene rings is 1. The second kappa shape index (κ2) is 11.5. The average molecular weight is 504 g/mol. The summed E-state index contributed by atoms with van der Waals surface area (Å²) >= 11 is 0. The second-order valence-corrected chi connectivity index (χ2v) is 7.94. The maximum atomic E-state index is 11.7. The van der Waals surface area contributed by atoms with Crippen molar-refractivity contribution in [1.29, 1.82) is 0 Å². The van der Waals surface area contributed by atoms with Gasteiger partial charge in [-0.15, -0.1) is 0 Å². The molecule has 3 rings (SSSR count). The molecule has 2 aromatic rings. The molecule has 14 heteroatoms. The van der Waals surface area contributed by atoms with Crippen LogP contribution >= 0.6 is 0 Å². The lowest BCUT2D eigenvalue weighted by Crippen LogP contribution is -2.29. The lowest BCUT2D eigenvalue weighted by atomic mass is 10.0. The number of non-ortho nitro benzene ring substituents is 1. The molecular formula is C22H24N4O10. The van der Waals surface area contributed by atoms with Gasteiger partial charge in [0.2, 0.25) is 17.6 Å². The number of aliphatic hydroxyl groups is 1. The molecule has 3 unspecified atom stereocenters. The number of esters is 1. The molecule has 1 aliphatic heterocycles. The Morgan fingerprint density at radius 1 is 1.19 bits per heavy atom. The van der Waals surface area contributed by atoms with E-state index in [4.69, 9.17) is 14.2 Å². The maximum absolute atomic E-state index is 11.7. The first-order chi connectivity index (χ1) is 17.1. The number of nitro benzene ring substituents is 1. The van der Waals surface area contributed by atoms with Gasteiger partial charge in [-0.1, -0.05) is 12.1 Å². The summed E-state index contributed by atoms with van der Waals surface area (Å²) in [6, 6.07) is 7.02.